The van der Waals surface area contributed by atoms with Gasteiger partial charge in [-0.05, 0) is 32.7 Å². The number of anilines is 2. The first-order valence-electron chi connectivity index (χ1n) is 6.20. The first kappa shape index (κ1) is 12.1. The van der Waals surface area contributed by atoms with Crippen molar-refractivity contribution in [1.82, 2.24) is 14.9 Å². The van der Waals surface area contributed by atoms with Crippen molar-refractivity contribution >= 4 is 11.6 Å². The summed E-state index contributed by atoms with van der Waals surface area (Å²) in [6.45, 7) is 7.84. The molecule has 1 unspecified atom stereocenters. The minimum atomic E-state index is 0.461. The van der Waals surface area contributed by atoms with Crippen LogP contribution in [0.15, 0.2) is 12.4 Å². The second-order valence-corrected chi connectivity index (χ2v) is 4.95. The molecule has 0 aromatic carbocycles. The van der Waals surface area contributed by atoms with Crippen molar-refractivity contribution in [1.29, 1.82) is 0 Å². The average molecular weight is 235 g/mol. The zero-order chi connectivity index (χ0) is 12.3. The highest BCUT2D eigenvalue weighted by Crippen LogP contribution is 2.18. The van der Waals surface area contributed by atoms with Crippen molar-refractivity contribution in [2.45, 2.75) is 26.3 Å². The number of likely N-dealkylation sites (tertiary alicyclic amines) is 1. The van der Waals surface area contributed by atoms with Crippen LogP contribution in [-0.4, -0.2) is 40.5 Å². The molecule has 1 aromatic rings. The molecule has 1 fully saturated rings. The predicted molar refractivity (Wildman–Crippen MR) is 69.8 cm³/mol. The third-order valence-corrected chi connectivity index (χ3v) is 3.29. The van der Waals surface area contributed by atoms with Crippen molar-refractivity contribution in [3.63, 3.8) is 0 Å². The molecular formula is C12H21N5. The minimum absolute atomic E-state index is 0.461. The van der Waals surface area contributed by atoms with Gasteiger partial charge in [0.15, 0.2) is 0 Å². The van der Waals surface area contributed by atoms with Gasteiger partial charge in [0.2, 0.25) is 0 Å². The molecule has 0 spiro atoms. The van der Waals surface area contributed by atoms with E-state index in [-0.39, 0.29) is 0 Å². The van der Waals surface area contributed by atoms with Crippen LogP contribution in [0.1, 0.15) is 20.3 Å². The highest BCUT2D eigenvalue weighted by Gasteiger charge is 2.23. The summed E-state index contributed by atoms with van der Waals surface area (Å²) in [5, 5.41) is 3.32. The number of aromatic nitrogens is 2. The Morgan fingerprint density at radius 1 is 1.47 bits per heavy atom. The lowest BCUT2D eigenvalue weighted by atomic mass is 10.1. The lowest BCUT2D eigenvalue weighted by molar-refractivity contribution is 0.266. The summed E-state index contributed by atoms with van der Waals surface area (Å²) in [5.74, 6) is 1.97. The van der Waals surface area contributed by atoms with Crippen LogP contribution in [0.25, 0.3) is 0 Å². The Morgan fingerprint density at radius 2 is 2.29 bits per heavy atom. The van der Waals surface area contributed by atoms with Gasteiger partial charge in [-0.25, -0.2) is 9.97 Å². The summed E-state index contributed by atoms with van der Waals surface area (Å²) in [6.07, 6.45) is 4.52. The molecule has 1 aromatic heterocycles. The van der Waals surface area contributed by atoms with E-state index >= 15 is 0 Å². The van der Waals surface area contributed by atoms with Gasteiger partial charge in [0.25, 0.3) is 0 Å². The number of hydrogen-bond acceptors (Lipinski definition) is 5. The van der Waals surface area contributed by atoms with Crippen molar-refractivity contribution in [2.75, 3.05) is 30.7 Å². The quantitative estimate of drug-likeness (QED) is 0.821. The summed E-state index contributed by atoms with van der Waals surface area (Å²) in [4.78, 5) is 10.7. The van der Waals surface area contributed by atoms with Gasteiger partial charge in [-0.15, -0.1) is 0 Å². The van der Waals surface area contributed by atoms with Crippen LogP contribution in [0.3, 0.4) is 0 Å². The van der Waals surface area contributed by atoms with Crippen LogP contribution >= 0.6 is 0 Å². The Labute approximate surface area is 102 Å². The third-order valence-electron chi connectivity index (χ3n) is 3.29. The first-order chi connectivity index (χ1) is 8.15. The van der Waals surface area contributed by atoms with Crippen LogP contribution in [-0.2, 0) is 0 Å². The maximum Gasteiger partial charge on any atom is 0.144 e. The maximum atomic E-state index is 5.49. The number of nitrogens with two attached hydrogens (primary N) is 1. The molecule has 1 aliphatic rings. The molecule has 1 aliphatic heterocycles. The smallest absolute Gasteiger partial charge is 0.144 e. The standard InChI is InChI=1S/C12H21N5/c1-9(2)17-4-3-10(8-17)5-15-12-7-14-11(13)6-16-12/h6-7,9-10H,3-5,8H2,1-2H3,(H2,13,14)(H,15,16). The fourth-order valence-corrected chi connectivity index (χ4v) is 2.18. The van der Waals surface area contributed by atoms with Crippen LogP contribution < -0.4 is 11.1 Å². The van der Waals surface area contributed by atoms with Crippen LogP contribution in [0.5, 0.6) is 0 Å². The fraction of sp³-hybridized carbons (Fsp3) is 0.667. The van der Waals surface area contributed by atoms with Crippen molar-refractivity contribution in [2.24, 2.45) is 5.92 Å². The van der Waals surface area contributed by atoms with E-state index in [0.717, 1.165) is 12.4 Å². The van der Waals surface area contributed by atoms with Gasteiger partial charge < -0.3 is 16.0 Å². The molecule has 0 radical (unpaired) electrons. The highest BCUT2D eigenvalue weighted by molar-refractivity contribution is 5.35. The molecule has 3 N–H and O–H groups in total. The lowest BCUT2D eigenvalue weighted by Gasteiger charge is -2.20. The van der Waals surface area contributed by atoms with Gasteiger partial charge in [0.1, 0.15) is 11.6 Å². The number of nitrogens with one attached hydrogen (secondary N) is 1. The van der Waals surface area contributed by atoms with Gasteiger partial charge in [-0.3, -0.25) is 0 Å². The zero-order valence-electron chi connectivity index (χ0n) is 10.6. The molecule has 2 heterocycles. The van der Waals surface area contributed by atoms with E-state index in [9.17, 15) is 0 Å². The van der Waals surface area contributed by atoms with E-state index < -0.39 is 0 Å². The van der Waals surface area contributed by atoms with Gasteiger partial charge >= 0.3 is 0 Å². The molecule has 5 nitrogen and oxygen atoms in total. The molecule has 0 amide bonds. The summed E-state index contributed by atoms with van der Waals surface area (Å²) in [5.41, 5.74) is 5.49. The molecule has 17 heavy (non-hydrogen) atoms. The van der Waals surface area contributed by atoms with Crippen molar-refractivity contribution < 1.29 is 0 Å². The molecule has 1 atom stereocenters. The lowest BCUT2D eigenvalue weighted by Crippen LogP contribution is -2.29. The van der Waals surface area contributed by atoms with Gasteiger partial charge in [0.05, 0.1) is 12.4 Å². The Hall–Kier alpha value is -1.36. The molecule has 0 bridgehead atoms. The Kier molecular flexibility index (Phi) is 3.78. The second-order valence-electron chi connectivity index (χ2n) is 4.95. The normalized spacial score (nSPS) is 21.0. The van der Waals surface area contributed by atoms with E-state index in [4.69, 9.17) is 5.73 Å². The van der Waals surface area contributed by atoms with Gasteiger partial charge in [-0.2, -0.15) is 0 Å². The first-order valence-corrected chi connectivity index (χ1v) is 6.20. The molecule has 94 valence electrons. The van der Waals surface area contributed by atoms with E-state index in [1.807, 2.05) is 0 Å². The van der Waals surface area contributed by atoms with Gasteiger partial charge in [-0.1, -0.05) is 0 Å². The zero-order valence-corrected chi connectivity index (χ0v) is 10.6. The molecule has 2 rings (SSSR count). The molecule has 1 saturated heterocycles. The summed E-state index contributed by atoms with van der Waals surface area (Å²) in [7, 11) is 0. The van der Waals surface area contributed by atoms with E-state index in [0.29, 0.717) is 17.8 Å². The highest BCUT2D eigenvalue weighted by atomic mass is 15.2. The second kappa shape index (κ2) is 5.31. The molecule has 0 saturated carbocycles. The third kappa shape index (κ3) is 3.30. The van der Waals surface area contributed by atoms with Gasteiger partial charge in [0, 0.05) is 19.1 Å². The Bertz CT molecular complexity index is 348. The fourth-order valence-electron chi connectivity index (χ4n) is 2.18. The van der Waals surface area contributed by atoms with Crippen LogP contribution in [0, 0.1) is 5.92 Å². The van der Waals surface area contributed by atoms with E-state index in [2.05, 4.69) is 34.0 Å². The summed E-state index contributed by atoms with van der Waals surface area (Å²) < 4.78 is 0. The van der Waals surface area contributed by atoms with E-state index in [1.165, 1.54) is 19.5 Å². The summed E-state index contributed by atoms with van der Waals surface area (Å²) >= 11 is 0. The number of nitrogens with zero attached hydrogens (tertiary/aromatic N) is 3. The number of rotatable bonds is 4. The number of hydrogen-bond donors (Lipinski definition) is 2. The largest absolute Gasteiger partial charge is 0.382 e. The maximum absolute atomic E-state index is 5.49. The Morgan fingerprint density at radius 3 is 2.88 bits per heavy atom. The Balaban J connectivity index is 1.78. The molecule has 5 heteroatoms. The minimum Gasteiger partial charge on any atom is -0.382 e. The molecular weight excluding hydrogens is 214 g/mol. The SMILES string of the molecule is CC(C)N1CCC(CNc2cnc(N)cn2)C1. The van der Waals surface area contributed by atoms with E-state index in [1.54, 1.807) is 12.4 Å². The average Bonchev–Trinajstić information content (AvgIpc) is 2.77. The topological polar surface area (TPSA) is 67.1 Å². The van der Waals surface area contributed by atoms with Crippen LogP contribution in [0.2, 0.25) is 0 Å². The van der Waals surface area contributed by atoms with Crippen molar-refractivity contribution in [3.8, 4) is 0 Å². The monoisotopic (exact) mass is 235 g/mol. The molecule has 0 aliphatic carbocycles. The predicted octanol–water partition coefficient (Wildman–Crippen LogP) is 1.20. The number of nitrogen functional groups attached to an aromatic ring is 1. The van der Waals surface area contributed by atoms with Crippen LogP contribution in [0.4, 0.5) is 11.6 Å². The van der Waals surface area contributed by atoms with Crippen molar-refractivity contribution in [3.05, 3.63) is 12.4 Å². The summed E-state index contributed by atoms with van der Waals surface area (Å²) in [6, 6.07) is 0.649.